The molecule has 3 aromatic rings. The van der Waals surface area contributed by atoms with Crippen LogP contribution < -0.4 is 5.32 Å². The minimum atomic E-state index is -3.98. The zero-order valence-electron chi connectivity index (χ0n) is 14.8. The molecule has 0 aliphatic rings. The second kappa shape index (κ2) is 7.09. The van der Waals surface area contributed by atoms with Gasteiger partial charge in [-0.2, -0.15) is 5.26 Å². The third kappa shape index (κ3) is 3.61. The molecule has 1 amide bonds. The van der Waals surface area contributed by atoms with Gasteiger partial charge in [-0.3, -0.25) is 4.79 Å². The van der Waals surface area contributed by atoms with E-state index in [1.54, 1.807) is 12.3 Å². The van der Waals surface area contributed by atoms with Crippen LogP contribution in [0.3, 0.4) is 0 Å². The van der Waals surface area contributed by atoms with Crippen molar-refractivity contribution in [1.82, 2.24) is 4.57 Å². The summed E-state index contributed by atoms with van der Waals surface area (Å²) in [6.45, 7) is 1.37. The number of nitrogens with one attached hydrogen (secondary N) is 1. The first-order valence-corrected chi connectivity index (χ1v) is 9.60. The van der Waals surface area contributed by atoms with Gasteiger partial charge in [0.15, 0.2) is 0 Å². The van der Waals surface area contributed by atoms with E-state index in [0.717, 1.165) is 10.9 Å². The molecule has 0 fully saturated rings. The van der Waals surface area contributed by atoms with Crippen molar-refractivity contribution in [2.24, 2.45) is 7.05 Å². The van der Waals surface area contributed by atoms with E-state index in [1.165, 1.54) is 37.3 Å². The third-order valence-electron chi connectivity index (χ3n) is 4.10. The van der Waals surface area contributed by atoms with Crippen molar-refractivity contribution in [3.05, 3.63) is 65.2 Å². The van der Waals surface area contributed by atoms with Gasteiger partial charge in [0.2, 0.25) is 15.7 Å². The highest BCUT2D eigenvalue weighted by molar-refractivity contribution is 7.95. The Balaban J connectivity index is 2.04. The van der Waals surface area contributed by atoms with Gasteiger partial charge in [0.1, 0.15) is 11.0 Å². The fraction of sp³-hybridized carbons (Fsp3) is 0.100. The molecule has 6 nitrogen and oxygen atoms in total. The molecule has 1 aromatic heterocycles. The van der Waals surface area contributed by atoms with Crippen LogP contribution in [0.4, 0.5) is 5.69 Å². The highest BCUT2D eigenvalue weighted by Gasteiger charge is 2.21. The highest BCUT2D eigenvalue weighted by atomic mass is 32.2. The second-order valence-electron chi connectivity index (χ2n) is 6.04. The molecule has 7 heteroatoms. The minimum absolute atomic E-state index is 0.00959. The van der Waals surface area contributed by atoms with E-state index >= 15 is 0 Å². The topological polar surface area (TPSA) is 92.0 Å². The molecule has 0 bridgehead atoms. The molecule has 27 heavy (non-hydrogen) atoms. The number of anilines is 1. The molecule has 0 radical (unpaired) electrons. The van der Waals surface area contributed by atoms with Gasteiger partial charge in [0.05, 0.1) is 4.90 Å². The molecule has 136 valence electrons. The van der Waals surface area contributed by atoms with Gasteiger partial charge in [-0.15, -0.1) is 0 Å². The van der Waals surface area contributed by atoms with Crippen LogP contribution in [-0.2, 0) is 21.7 Å². The van der Waals surface area contributed by atoms with Crippen LogP contribution in [0.5, 0.6) is 0 Å². The molecule has 0 saturated carbocycles. The summed E-state index contributed by atoms with van der Waals surface area (Å²) in [5, 5.41) is 12.9. The number of sulfone groups is 1. The van der Waals surface area contributed by atoms with E-state index in [9.17, 15) is 18.5 Å². The number of aryl methyl sites for hydroxylation is 1. The predicted octanol–water partition coefficient (Wildman–Crippen LogP) is 3.48. The number of fused-ring (bicyclic) bond motifs is 1. The van der Waals surface area contributed by atoms with Crippen molar-refractivity contribution in [1.29, 1.82) is 5.26 Å². The molecule has 0 unspecified atom stereocenters. The molecule has 0 saturated heterocycles. The van der Waals surface area contributed by atoms with E-state index in [1.807, 2.05) is 35.9 Å². The molecule has 0 aliphatic heterocycles. The second-order valence-corrected chi connectivity index (χ2v) is 7.96. The predicted molar refractivity (Wildman–Crippen MR) is 104 cm³/mol. The first kappa shape index (κ1) is 18.4. The SMILES string of the molecule is CC(=O)Nc1ccc(S(=O)(=O)/C(C#N)=C/c2cn(C)c3ccccc23)cc1. The Morgan fingerprint density at radius 3 is 2.44 bits per heavy atom. The number of carbonyl (C=O) groups excluding carboxylic acids is 1. The number of para-hydroxylation sites is 1. The normalized spacial score (nSPS) is 12.0. The van der Waals surface area contributed by atoms with E-state index in [0.29, 0.717) is 11.3 Å². The summed E-state index contributed by atoms with van der Waals surface area (Å²) in [7, 11) is -2.11. The number of amides is 1. The zero-order chi connectivity index (χ0) is 19.6. The van der Waals surface area contributed by atoms with Crippen molar-refractivity contribution in [3.8, 4) is 6.07 Å². The van der Waals surface area contributed by atoms with Crippen molar-refractivity contribution >= 4 is 38.4 Å². The Kier molecular flexibility index (Phi) is 4.84. The highest BCUT2D eigenvalue weighted by Crippen LogP contribution is 2.27. The maximum atomic E-state index is 12.9. The summed E-state index contributed by atoms with van der Waals surface area (Å²) in [6.07, 6.45) is 3.18. The Morgan fingerprint density at radius 2 is 1.81 bits per heavy atom. The van der Waals surface area contributed by atoms with Gasteiger partial charge in [0.25, 0.3) is 0 Å². The first-order chi connectivity index (χ1) is 12.8. The molecule has 3 rings (SSSR count). The molecule has 1 N–H and O–H groups in total. The van der Waals surface area contributed by atoms with Crippen LogP contribution in [0.1, 0.15) is 12.5 Å². The fourth-order valence-electron chi connectivity index (χ4n) is 2.85. The Bertz CT molecular complexity index is 1200. The van der Waals surface area contributed by atoms with Crippen molar-refractivity contribution in [2.45, 2.75) is 11.8 Å². The summed E-state index contributed by atoms with van der Waals surface area (Å²) in [4.78, 5) is 10.7. The lowest BCUT2D eigenvalue weighted by Gasteiger charge is -2.05. The number of hydrogen-bond donors (Lipinski definition) is 1. The molecule has 0 aliphatic carbocycles. The summed E-state index contributed by atoms with van der Waals surface area (Å²) >= 11 is 0. The number of nitrogens with zero attached hydrogens (tertiary/aromatic N) is 2. The number of rotatable bonds is 4. The lowest BCUT2D eigenvalue weighted by atomic mass is 10.1. The Labute approximate surface area is 157 Å². The third-order valence-corrected chi connectivity index (χ3v) is 5.78. The van der Waals surface area contributed by atoms with Gasteiger partial charge in [0, 0.05) is 42.3 Å². The lowest BCUT2D eigenvalue weighted by Crippen LogP contribution is -2.07. The Hall–Kier alpha value is -3.37. The molecule has 0 spiro atoms. The molecule has 1 heterocycles. The monoisotopic (exact) mass is 379 g/mol. The van der Waals surface area contributed by atoms with Crippen LogP contribution in [0.15, 0.2) is 64.5 Å². The molecule has 0 atom stereocenters. The van der Waals surface area contributed by atoms with Crippen LogP contribution >= 0.6 is 0 Å². The number of aromatic nitrogens is 1. The van der Waals surface area contributed by atoms with Gasteiger partial charge < -0.3 is 9.88 Å². The van der Waals surface area contributed by atoms with E-state index in [4.69, 9.17) is 0 Å². The van der Waals surface area contributed by atoms with Crippen molar-refractivity contribution < 1.29 is 13.2 Å². The van der Waals surface area contributed by atoms with Gasteiger partial charge in [-0.25, -0.2) is 8.42 Å². The summed E-state index contributed by atoms with van der Waals surface area (Å²) in [5.41, 5.74) is 2.08. The number of allylic oxidation sites excluding steroid dienone is 1. The maximum absolute atomic E-state index is 12.9. The fourth-order valence-corrected chi connectivity index (χ4v) is 4.00. The number of carbonyl (C=O) groups is 1. The first-order valence-electron chi connectivity index (χ1n) is 8.11. The number of benzene rings is 2. The molecular formula is C20H17N3O3S. The zero-order valence-corrected chi connectivity index (χ0v) is 15.6. The lowest BCUT2D eigenvalue weighted by molar-refractivity contribution is -0.114. The smallest absolute Gasteiger partial charge is 0.221 e. The number of nitriles is 1. The van der Waals surface area contributed by atoms with Crippen LogP contribution in [0, 0.1) is 11.3 Å². The van der Waals surface area contributed by atoms with E-state index < -0.39 is 9.84 Å². The summed E-state index contributed by atoms with van der Waals surface area (Å²) in [6, 6.07) is 15.1. The molecular weight excluding hydrogens is 362 g/mol. The summed E-state index contributed by atoms with van der Waals surface area (Å²) < 4.78 is 27.6. The average Bonchev–Trinajstić information content (AvgIpc) is 2.95. The Morgan fingerprint density at radius 1 is 1.15 bits per heavy atom. The largest absolute Gasteiger partial charge is 0.350 e. The summed E-state index contributed by atoms with van der Waals surface area (Å²) in [5.74, 6) is -0.251. The van der Waals surface area contributed by atoms with Crippen LogP contribution in [0.2, 0.25) is 0 Å². The minimum Gasteiger partial charge on any atom is -0.350 e. The van der Waals surface area contributed by atoms with Crippen LogP contribution in [-0.4, -0.2) is 18.9 Å². The maximum Gasteiger partial charge on any atom is 0.221 e. The van der Waals surface area contributed by atoms with Gasteiger partial charge in [-0.1, -0.05) is 18.2 Å². The van der Waals surface area contributed by atoms with Gasteiger partial charge in [-0.05, 0) is 36.4 Å². The van der Waals surface area contributed by atoms with Crippen molar-refractivity contribution in [3.63, 3.8) is 0 Å². The number of hydrogen-bond acceptors (Lipinski definition) is 4. The van der Waals surface area contributed by atoms with E-state index in [2.05, 4.69) is 5.32 Å². The van der Waals surface area contributed by atoms with Crippen molar-refractivity contribution in [2.75, 3.05) is 5.32 Å². The molecule has 2 aromatic carbocycles. The standard InChI is InChI=1S/C20H17N3O3S/c1-14(24)22-16-7-9-17(10-8-16)27(25,26)18(12-21)11-15-13-23(2)20-6-4-3-5-19(15)20/h3-11,13H,1-2H3,(H,22,24)/b18-11+. The quantitative estimate of drug-likeness (QED) is 0.703. The van der Waals surface area contributed by atoms with Crippen LogP contribution in [0.25, 0.3) is 17.0 Å². The van der Waals surface area contributed by atoms with E-state index in [-0.39, 0.29) is 15.7 Å². The van der Waals surface area contributed by atoms with Gasteiger partial charge >= 0.3 is 0 Å². The average molecular weight is 379 g/mol.